The van der Waals surface area contributed by atoms with Gasteiger partial charge in [0.25, 0.3) is 5.91 Å². The molecule has 1 heterocycles. The molecule has 0 spiro atoms. The number of amides is 4. The molecular formula is C13H12ClN5O3S. The van der Waals surface area contributed by atoms with E-state index >= 15 is 0 Å². The molecule has 4 amide bonds. The van der Waals surface area contributed by atoms with Crippen LogP contribution in [-0.2, 0) is 4.79 Å². The zero-order valence-corrected chi connectivity index (χ0v) is 13.2. The number of thiazole rings is 1. The van der Waals surface area contributed by atoms with E-state index in [1.54, 1.807) is 24.3 Å². The summed E-state index contributed by atoms with van der Waals surface area (Å²) in [5.74, 6) is -1.21. The highest BCUT2D eigenvalue weighted by molar-refractivity contribution is 7.14. The number of nitrogens with one attached hydrogen (secondary N) is 3. The minimum atomic E-state index is -0.658. The van der Waals surface area contributed by atoms with Crippen LogP contribution in [0.15, 0.2) is 29.6 Å². The lowest BCUT2D eigenvalue weighted by molar-refractivity contribution is -0.117. The number of hydrogen-bond donors (Lipinski definition) is 4. The summed E-state index contributed by atoms with van der Waals surface area (Å²) in [5.41, 5.74) is 5.57. The number of primary amides is 1. The number of halogens is 1. The zero-order valence-electron chi connectivity index (χ0n) is 11.6. The lowest BCUT2D eigenvalue weighted by Crippen LogP contribution is -2.33. The molecule has 1 aromatic carbocycles. The molecule has 0 aliphatic carbocycles. The van der Waals surface area contributed by atoms with Crippen molar-refractivity contribution in [3.8, 4) is 0 Å². The van der Waals surface area contributed by atoms with Gasteiger partial charge in [-0.25, -0.2) is 9.78 Å². The van der Waals surface area contributed by atoms with Crippen LogP contribution in [0.25, 0.3) is 0 Å². The molecule has 0 aliphatic rings. The second-order valence-corrected chi connectivity index (χ2v) is 5.57. The van der Waals surface area contributed by atoms with E-state index in [1.165, 1.54) is 5.38 Å². The molecule has 8 nitrogen and oxygen atoms in total. The van der Waals surface area contributed by atoms with E-state index in [0.717, 1.165) is 11.3 Å². The highest BCUT2D eigenvalue weighted by Gasteiger charge is 2.12. The van der Waals surface area contributed by atoms with Crippen LogP contribution < -0.4 is 21.7 Å². The van der Waals surface area contributed by atoms with E-state index in [9.17, 15) is 14.4 Å². The van der Waals surface area contributed by atoms with Gasteiger partial charge in [-0.1, -0.05) is 11.6 Å². The molecule has 0 fully saturated rings. The fourth-order valence-electron chi connectivity index (χ4n) is 1.49. The Morgan fingerprint density at radius 1 is 1.17 bits per heavy atom. The first kappa shape index (κ1) is 16.7. The number of carbonyl (C=O) groups is 3. The number of aromatic nitrogens is 1. The van der Waals surface area contributed by atoms with E-state index in [2.05, 4.69) is 20.9 Å². The Morgan fingerprint density at radius 2 is 1.87 bits per heavy atom. The van der Waals surface area contributed by atoms with Gasteiger partial charge in [0.05, 0.1) is 6.54 Å². The summed E-state index contributed by atoms with van der Waals surface area (Å²) in [6, 6.07) is 6.06. The molecule has 0 unspecified atom stereocenters. The Hall–Kier alpha value is -2.65. The first-order chi connectivity index (χ1) is 10.9. The molecule has 0 atom stereocenters. The molecule has 0 bridgehead atoms. The van der Waals surface area contributed by atoms with Crippen molar-refractivity contribution in [2.75, 3.05) is 17.2 Å². The first-order valence-corrected chi connectivity index (χ1v) is 7.55. The number of urea groups is 1. The second kappa shape index (κ2) is 7.56. The van der Waals surface area contributed by atoms with Crippen molar-refractivity contribution in [2.24, 2.45) is 5.73 Å². The maximum atomic E-state index is 11.8. The summed E-state index contributed by atoms with van der Waals surface area (Å²) in [6.45, 7) is -0.282. The SMILES string of the molecule is NC(=O)CNC(=O)c1csc(NC(=O)Nc2ccc(Cl)cc2)n1. The predicted molar refractivity (Wildman–Crippen MR) is 87.7 cm³/mol. The third kappa shape index (κ3) is 5.24. The maximum absolute atomic E-state index is 11.8. The highest BCUT2D eigenvalue weighted by atomic mass is 35.5. The Kier molecular flexibility index (Phi) is 5.50. The molecule has 2 aromatic rings. The Bertz CT molecular complexity index is 731. The summed E-state index contributed by atoms with van der Waals surface area (Å²) in [5, 5.41) is 9.64. The number of carbonyl (C=O) groups excluding carboxylic acids is 3. The smallest absolute Gasteiger partial charge is 0.325 e. The van der Waals surface area contributed by atoms with Crippen LogP contribution in [0.2, 0.25) is 5.02 Å². The lowest BCUT2D eigenvalue weighted by atomic mass is 10.3. The van der Waals surface area contributed by atoms with Gasteiger partial charge < -0.3 is 16.4 Å². The maximum Gasteiger partial charge on any atom is 0.325 e. The van der Waals surface area contributed by atoms with Crippen molar-refractivity contribution < 1.29 is 14.4 Å². The van der Waals surface area contributed by atoms with Gasteiger partial charge in [0.1, 0.15) is 5.69 Å². The normalized spacial score (nSPS) is 9.96. The van der Waals surface area contributed by atoms with Gasteiger partial charge in [-0.2, -0.15) is 0 Å². The predicted octanol–water partition coefficient (Wildman–Crippen LogP) is 1.66. The van der Waals surface area contributed by atoms with Gasteiger partial charge >= 0.3 is 6.03 Å². The van der Waals surface area contributed by atoms with Crippen molar-refractivity contribution >= 4 is 51.6 Å². The minimum Gasteiger partial charge on any atom is -0.368 e. The standard InChI is InChI=1S/C13H12ClN5O3S/c14-7-1-3-8(4-2-7)17-12(22)19-13-18-9(6-23-13)11(21)16-5-10(15)20/h1-4,6H,5H2,(H2,15,20)(H,16,21)(H2,17,18,19,22). The molecule has 23 heavy (non-hydrogen) atoms. The van der Waals surface area contributed by atoms with E-state index in [0.29, 0.717) is 10.7 Å². The van der Waals surface area contributed by atoms with E-state index in [-0.39, 0.29) is 17.4 Å². The largest absolute Gasteiger partial charge is 0.368 e. The molecule has 2 rings (SSSR count). The number of benzene rings is 1. The van der Waals surface area contributed by atoms with Crippen molar-refractivity contribution in [1.82, 2.24) is 10.3 Å². The van der Waals surface area contributed by atoms with Crippen LogP contribution in [0.4, 0.5) is 15.6 Å². The molecular weight excluding hydrogens is 342 g/mol. The monoisotopic (exact) mass is 353 g/mol. The van der Waals surface area contributed by atoms with Crippen LogP contribution in [0.1, 0.15) is 10.5 Å². The average molecular weight is 354 g/mol. The summed E-state index contributed by atoms with van der Waals surface area (Å²) >= 11 is 6.82. The number of nitrogens with two attached hydrogens (primary N) is 1. The molecule has 0 aliphatic heterocycles. The second-order valence-electron chi connectivity index (χ2n) is 4.27. The summed E-state index contributed by atoms with van der Waals surface area (Å²) in [6.07, 6.45) is 0. The lowest BCUT2D eigenvalue weighted by Gasteiger charge is -2.05. The summed E-state index contributed by atoms with van der Waals surface area (Å²) in [7, 11) is 0. The van der Waals surface area contributed by atoms with E-state index in [4.69, 9.17) is 17.3 Å². The molecule has 0 radical (unpaired) electrons. The van der Waals surface area contributed by atoms with Crippen LogP contribution in [0.5, 0.6) is 0 Å². The van der Waals surface area contributed by atoms with Gasteiger partial charge in [-0.15, -0.1) is 11.3 Å². The van der Waals surface area contributed by atoms with Gasteiger partial charge in [0.15, 0.2) is 5.13 Å². The van der Waals surface area contributed by atoms with Crippen LogP contribution in [0.3, 0.4) is 0 Å². The van der Waals surface area contributed by atoms with Crippen molar-refractivity contribution in [3.63, 3.8) is 0 Å². The fourth-order valence-corrected chi connectivity index (χ4v) is 2.30. The third-order valence-electron chi connectivity index (χ3n) is 2.48. The fraction of sp³-hybridized carbons (Fsp3) is 0.0769. The van der Waals surface area contributed by atoms with Crippen molar-refractivity contribution in [1.29, 1.82) is 0 Å². The molecule has 120 valence electrons. The average Bonchev–Trinajstić information content (AvgIpc) is 2.95. The Labute approximate surface area is 140 Å². The minimum absolute atomic E-state index is 0.0815. The number of nitrogens with zero attached hydrogens (tertiary/aromatic N) is 1. The van der Waals surface area contributed by atoms with Gasteiger partial charge in [-0.3, -0.25) is 14.9 Å². The Balaban J connectivity index is 1.90. The number of rotatable bonds is 5. The molecule has 5 N–H and O–H groups in total. The van der Waals surface area contributed by atoms with Crippen LogP contribution in [-0.4, -0.2) is 29.4 Å². The summed E-state index contributed by atoms with van der Waals surface area (Å²) in [4.78, 5) is 38.0. The van der Waals surface area contributed by atoms with E-state index in [1.807, 2.05) is 0 Å². The zero-order chi connectivity index (χ0) is 16.8. The number of anilines is 2. The Morgan fingerprint density at radius 3 is 2.52 bits per heavy atom. The summed E-state index contributed by atoms with van der Waals surface area (Å²) < 4.78 is 0. The van der Waals surface area contributed by atoms with Gasteiger partial charge in [0.2, 0.25) is 5.91 Å². The molecule has 0 saturated carbocycles. The number of hydrogen-bond acceptors (Lipinski definition) is 5. The molecule has 10 heteroatoms. The third-order valence-corrected chi connectivity index (χ3v) is 3.49. The quantitative estimate of drug-likeness (QED) is 0.651. The van der Waals surface area contributed by atoms with Crippen molar-refractivity contribution in [3.05, 3.63) is 40.4 Å². The topological polar surface area (TPSA) is 126 Å². The first-order valence-electron chi connectivity index (χ1n) is 6.29. The van der Waals surface area contributed by atoms with Crippen LogP contribution in [0, 0.1) is 0 Å². The van der Waals surface area contributed by atoms with Crippen LogP contribution >= 0.6 is 22.9 Å². The van der Waals surface area contributed by atoms with E-state index < -0.39 is 17.8 Å². The van der Waals surface area contributed by atoms with Gasteiger partial charge in [0, 0.05) is 16.1 Å². The molecule has 1 aromatic heterocycles. The van der Waals surface area contributed by atoms with Gasteiger partial charge in [-0.05, 0) is 24.3 Å². The molecule has 0 saturated heterocycles. The highest BCUT2D eigenvalue weighted by Crippen LogP contribution is 2.17. The van der Waals surface area contributed by atoms with Crippen molar-refractivity contribution in [2.45, 2.75) is 0 Å².